The van der Waals surface area contributed by atoms with Gasteiger partial charge >= 0.3 is 0 Å². The van der Waals surface area contributed by atoms with Crippen LogP contribution in [0.4, 0.5) is 0 Å². The molecule has 0 aliphatic carbocycles. The molecule has 2 aromatic carbocycles. The molecule has 0 atom stereocenters. The van der Waals surface area contributed by atoms with Gasteiger partial charge in [0.15, 0.2) is 5.58 Å². The van der Waals surface area contributed by atoms with Gasteiger partial charge in [0.2, 0.25) is 0 Å². The lowest BCUT2D eigenvalue weighted by molar-refractivity contribution is 0.0945. The van der Waals surface area contributed by atoms with E-state index in [2.05, 4.69) is 48.6 Å². The number of aryl methyl sites for hydroxylation is 1. The summed E-state index contributed by atoms with van der Waals surface area (Å²) in [5.74, 6) is -0.0792. The second kappa shape index (κ2) is 7.54. The number of fused-ring (bicyclic) bond motifs is 1. The standard InChI is InChI=1S/C23H22N2O2/c1-17-7-9-19(10-8-17)16-25-20-12-14-27-22(20)15-21(25)23(26)24-13-11-18-5-3-2-4-6-18/h2-10,12,14-15H,11,13,16H2,1H3,(H,24,26). The molecule has 0 aliphatic rings. The minimum Gasteiger partial charge on any atom is -0.463 e. The van der Waals surface area contributed by atoms with Crippen molar-refractivity contribution in [3.05, 3.63) is 95.4 Å². The quantitative estimate of drug-likeness (QED) is 0.549. The molecule has 1 N–H and O–H groups in total. The predicted molar refractivity (Wildman–Crippen MR) is 107 cm³/mol. The summed E-state index contributed by atoms with van der Waals surface area (Å²) in [5.41, 5.74) is 5.87. The average molecular weight is 358 g/mol. The molecule has 0 aliphatic heterocycles. The summed E-state index contributed by atoms with van der Waals surface area (Å²) in [7, 11) is 0. The van der Waals surface area contributed by atoms with Gasteiger partial charge in [-0.1, -0.05) is 60.2 Å². The first-order valence-electron chi connectivity index (χ1n) is 9.15. The minimum absolute atomic E-state index is 0.0792. The molecule has 4 rings (SSSR count). The van der Waals surface area contributed by atoms with Gasteiger partial charge in [0.1, 0.15) is 5.69 Å². The zero-order chi connectivity index (χ0) is 18.6. The molecule has 4 heteroatoms. The third-order valence-electron chi connectivity index (χ3n) is 4.76. The topological polar surface area (TPSA) is 47.2 Å². The van der Waals surface area contributed by atoms with Crippen LogP contribution >= 0.6 is 0 Å². The van der Waals surface area contributed by atoms with Crippen LogP contribution in [0.15, 0.2) is 77.4 Å². The van der Waals surface area contributed by atoms with E-state index in [4.69, 9.17) is 4.42 Å². The highest BCUT2D eigenvalue weighted by Gasteiger charge is 2.17. The summed E-state index contributed by atoms with van der Waals surface area (Å²) in [6.07, 6.45) is 2.47. The first kappa shape index (κ1) is 17.2. The zero-order valence-corrected chi connectivity index (χ0v) is 15.3. The van der Waals surface area contributed by atoms with Crippen molar-refractivity contribution in [1.29, 1.82) is 0 Å². The number of nitrogens with one attached hydrogen (secondary N) is 1. The fourth-order valence-electron chi connectivity index (χ4n) is 3.27. The Morgan fingerprint density at radius 2 is 1.78 bits per heavy atom. The number of nitrogens with zero attached hydrogens (tertiary/aromatic N) is 1. The molecule has 0 unspecified atom stereocenters. The first-order valence-corrected chi connectivity index (χ1v) is 9.15. The van der Waals surface area contributed by atoms with Crippen molar-refractivity contribution in [3.8, 4) is 0 Å². The van der Waals surface area contributed by atoms with Gasteiger partial charge in [0.25, 0.3) is 5.91 Å². The molecular formula is C23H22N2O2. The Morgan fingerprint density at radius 3 is 2.56 bits per heavy atom. The van der Waals surface area contributed by atoms with E-state index < -0.39 is 0 Å². The second-order valence-corrected chi connectivity index (χ2v) is 6.76. The third kappa shape index (κ3) is 3.80. The van der Waals surface area contributed by atoms with E-state index in [1.165, 1.54) is 11.1 Å². The number of benzene rings is 2. The van der Waals surface area contributed by atoms with E-state index in [0.717, 1.165) is 23.1 Å². The van der Waals surface area contributed by atoms with Crippen LogP contribution < -0.4 is 5.32 Å². The lowest BCUT2D eigenvalue weighted by atomic mass is 10.1. The maximum atomic E-state index is 12.8. The summed E-state index contributed by atoms with van der Waals surface area (Å²) in [6.45, 7) is 3.30. The van der Waals surface area contributed by atoms with Gasteiger partial charge in [-0.25, -0.2) is 0 Å². The molecule has 1 amide bonds. The van der Waals surface area contributed by atoms with Crippen LogP contribution in [0.1, 0.15) is 27.2 Å². The fourth-order valence-corrected chi connectivity index (χ4v) is 3.27. The zero-order valence-electron chi connectivity index (χ0n) is 15.3. The Kier molecular flexibility index (Phi) is 4.79. The highest BCUT2D eigenvalue weighted by molar-refractivity contribution is 5.97. The van der Waals surface area contributed by atoms with Gasteiger partial charge in [-0.05, 0) is 24.5 Å². The normalized spacial score (nSPS) is 11.0. The summed E-state index contributed by atoms with van der Waals surface area (Å²) in [4.78, 5) is 12.8. The molecular weight excluding hydrogens is 336 g/mol. The highest BCUT2D eigenvalue weighted by atomic mass is 16.3. The summed E-state index contributed by atoms with van der Waals surface area (Å²) >= 11 is 0. The number of carbonyl (C=O) groups excluding carboxylic acids is 1. The summed E-state index contributed by atoms with van der Waals surface area (Å²) in [5, 5.41) is 3.03. The highest BCUT2D eigenvalue weighted by Crippen LogP contribution is 2.22. The van der Waals surface area contributed by atoms with Crippen molar-refractivity contribution < 1.29 is 9.21 Å². The van der Waals surface area contributed by atoms with Crippen LogP contribution in [0.2, 0.25) is 0 Å². The maximum Gasteiger partial charge on any atom is 0.268 e. The van der Waals surface area contributed by atoms with Gasteiger partial charge < -0.3 is 14.3 Å². The molecule has 4 aromatic rings. The Morgan fingerprint density at radius 1 is 1.00 bits per heavy atom. The molecule has 2 aromatic heterocycles. The smallest absolute Gasteiger partial charge is 0.268 e. The fraction of sp³-hybridized carbons (Fsp3) is 0.174. The van der Waals surface area contributed by atoms with Gasteiger partial charge in [-0.2, -0.15) is 0 Å². The Labute approximate surface area is 158 Å². The van der Waals surface area contributed by atoms with Gasteiger partial charge in [0.05, 0.1) is 11.8 Å². The van der Waals surface area contributed by atoms with E-state index in [9.17, 15) is 4.79 Å². The van der Waals surface area contributed by atoms with E-state index in [1.807, 2.05) is 34.9 Å². The van der Waals surface area contributed by atoms with E-state index in [0.29, 0.717) is 18.8 Å². The van der Waals surface area contributed by atoms with Crippen LogP contribution in [-0.2, 0) is 13.0 Å². The maximum absolute atomic E-state index is 12.8. The SMILES string of the molecule is Cc1ccc(Cn2c(C(=O)NCCc3ccccc3)cc3occc32)cc1. The molecule has 0 fully saturated rings. The average Bonchev–Trinajstić information content (AvgIpc) is 3.27. The lowest BCUT2D eigenvalue weighted by Crippen LogP contribution is -2.28. The van der Waals surface area contributed by atoms with Crippen molar-refractivity contribution in [1.82, 2.24) is 9.88 Å². The van der Waals surface area contributed by atoms with E-state index in [1.54, 1.807) is 6.26 Å². The largest absolute Gasteiger partial charge is 0.463 e. The van der Waals surface area contributed by atoms with Gasteiger partial charge in [0, 0.05) is 25.2 Å². The lowest BCUT2D eigenvalue weighted by Gasteiger charge is -2.11. The molecule has 0 bridgehead atoms. The van der Waals surface area contributed by atoms with Crippen LogP contribution in [0, 0.1) is 6.92 Å². The summed E-state index contributed by atoms with van der Waals surface area (Å²) < 4.78 is 7.53. The number of rotatable bonds is 6. The van der Waals surface area contributed by atoms with Crippen molar-refractivity contribution >= 4 is 17.0 Å². The number of furan rings is 1. The van der Waals surface area contributed by atoms with Crippen molar-refractivity contribution in [3.63, 3.8) is 0 Å². The van der Waals surface area contributed by atoms with E-state index >= 15 is 0 Å². The van der Waals surface area contributed by atoms with Crippen LogP contribution in [0.3, 0.4) is 0 Å². The molecule has 0 radical (unpaired) electrons. The number of amides is 1. The molecule has 0 saturated carbocycles. The van der Waals surface area contributed by atoms with Crippen LogP contribution in [0.25, 0.3) is 11.1 Å². The Hall–Kier alpha value is -3.27. The molecule has 4 nitrogen and oxygen atoms in total. The van der Waals surface area contributed by atoms with Crippen LogP contribution in [0.5, 0.6) is 0 Å². The first-order chi connectivity index (χ1) is 13.2. The molecule has 27 heavy (non-hydrogen) atoms. The molecule has 0 saturated heterocycles. The Bertz CT molecular complexity index is 1040. The summed E-state index contributed by atoms with van der Waals surface area (Å²) in [6, 6.07) is 22.3. The molecule has 0 spiro atoms. The van der Waals surface area contributed by atoms with Crippen molar-refractivity contribution in [2.45, 2.75) is 19.9 Å². The molecule has 136 valence electrons. The monoisotopic (exact) mass is 358 g/mol. The third-order valence-corrected chi connectivity index (χ3v) is 4.76. The second-order valence-electron chi connectivity index (χ2n) is 6.76. The van der Waals surface area contributed by atoms with Gasteiger partial charge in [-0.15, -0.1) is 0 Å². The van der Waals surface area contributed by atoms with Crippen molar-refractivity contribution in [2.24, 2.45) is 0 Å². The number of hydrogen-bond donors (Lipinski definition) is 1. The van der Waals surface area contributed by atoms with Crippen LogP contribution in [-0.4, -0.2) is 17.0 Å². The minimum atomic E-state index is -0.0792. The van der Waals surface area contributed by atoms with Gasteiger partial charge in [-0.3, -0.25) is 4.79 Å². The Balaban J connectivity index is 1.52. The molecule has 2 heterocycles. The van der Waals surface area contributed by atoms with E-state index in [-0.39, 0.29) is 5.91 Å². The van der Waals surface area contributed by atoms with Crippen molar-refractivity contribution in [2.75, 3.05) is 6.54 Å². The number of aromatic nitrogens is 1. The predicted octanol–water partition coefficient (Wildman–Crippen LogP) is 4.56. The number of carbonyl (C=O) groups is 1. The number of hydrogen-bond acceptors (Lipinski definition) is 2.